The molecule has 0 aliphatic rings. The number of benzene rings is 2. The molecule has 0 aliphatic heterocycles. The van der Waals surface area contributed by atoms with Crippen molar-refractivity contribution in [2.24, 2.45) is 0 Å². The Morgan fingerprint density at radius 3 is 1.77 bits per heavy atom. The van der Waals surface area contributed by atoms with Crippen LogP contribution in [-0.2, 0) is 19.8 Å². The molecule has 2 aromatic carbocycles. The maximum Gasteiger partial charge on any atom is 0.373 e. The van der Waals surface area contributed by atoms with E-state index in [1.165, 1.54) is 15.6 Å². The third kappa shape index (κ3) is 9.09. The van der Waals surface area contributed by atoms with E-state index in [4.69, 9.17) is 9.59 Å². The maximum atomic E-state index is 9.94. The van der Waals surface area contributed by atoms with Crippen LogP contribution < -0.4 is 4.74 Å². The maximum absolute atomic E-state index is 9.94. The monoisotopic (exact) mass is 484 g/mol. The standard InChI is InChI=1S/C11H15Br.C8H7BrO2.CO2/c1-8-7-9(11(2,3)4)5-6-10(8)12;1-6-4-7(11-5-10)2-3-8(6)9;2-1-3/h5-7H,1-4H3;2-5H,1H3;. The molecular weight excluding hydrogens is 464 g/mol. The highest BCUT2D eigenvalue weighted by Gasteiger charge is 2.13. The SMILES string of the molecule is Cc1cc(C(C)(C)C)ccc1Br.Cc1cc(OC=O)ccc1Br.O=C=O. The molecule has 0 N–H and O–H groups in total. The summed E-state index contributed by atoms with van der Waals surface area (Å²) in [6, 6.07) is 11.9. The van der Waals surface area contributed by atoms with Gasteiger partial charge in [0.25, 0.3) is 6.47 Å². The van der Waals surface area contributed by atoms with Crippen LogP contribution in [0.4, 0.5) is 0 Å². The molecule has 4 nitrogen and oxygen atoms in total. The predicted octanol–water partition coefficient (Wildman–Crippen LogP) is 5.76. The van der Waals surface area contributed by atoms with E-state index in [1.54, 1.807) is 12.1 Å². The summed E-state index contributed by atoms with van der Waals surface area (Å²) in [6.07, 6.45) is 0.250. The molecule has 140 valence electrons. The minimum Gasteiger partial charge on any atom is -0.429 e. The molecule has 0 amide bonds. The first-order valence-electron chi connectivity index (χ1n) is 7.69. The van der Waals surface area contributed by atoms with Gasteiger partial charge >= 0.3 is 6.15 Å². The molecule has 0 radical (unpaired) electrons. The van der Waals surface area contributed by atoms with Gasteiger partial charge in [0.15, 0.2) is 0 Å². The van der Waals surface area contributed by atoms with Crippen molar-refractivity contribution in [3.8, 4) is 5.75 Å². The van der Waals surface area contributed by atoms with Gasteiger partial charge in [0.2, 0.25) is 0 Å². The fourth-order valence-electron chi connectivity index (χ4n) is 1.86. The lowest BCUT2D eigenvalue weighted by molar-refractivity contribution is -0.191. The van der Waals surface area contributed by atoms with E-state index < -0.39 is 0 Å². The van der Waals surface area contributed by atoms with E-state index in [-0.39, 0.29) is 11.6 Å². The lowest BCUT2D eigenvalue weighted by atomic mass is 9.86. The summed E-state index contributed by atoms with van der Waals surface area (Å²) < 4.78 is 6.84. The number of carbonyl (C=O) groups excluding carboxylic acids is 3. The van der Waals surface area contributed by atoms with Crippen molar-refractivity contribution in [2.45, 2.75) is 40.0 Å². The summed E-state index contributed by atoms with van der Waals surface area (Å²) in [5, 5.41) is 0. The van der Waals surface area contributed by atoms with Gasteiger partial charge in [-0.1, -0.05) is 64.8 Å². The lowest BCUT2D eigenvalue weighted by Gasteiger charge is -2.19. The number of hydrogen-bond acceptors (Lipinski definition) is 4. The molecule has 2 aromatic rings. The van der Waals surface area contributed by atoms with Crippen molar-refractivity contribution in [2.75, 3.05) is 0 Å². The van der Waals surface area contributed by atoms with Crippen LogP contribution in [0.2, 0.25) is 0 Å². The Morgan fingerprint density at radius 2 is 1.38 bits per heavy atom. The largest absolute Gasteiger partial charge is 0.429 e. The molecule has 2 rings (SSSR count). The van der Waals surface area contributed by atoms with Gasteiger partial charge in [0.05, 0.1) is 0 Å². The zero-order valence-electron chi connectivity index (χ0n) is 15.4. The lowest BCUT2D eigenvalue weighted by Crippen LogP contribution is -2.10. The summed E-state index contributed by atoms with van der Waals surface area (Å²) >= 11 is 6.83. The van der Waals surface area contributed by atoms with Crippen molar-refractivity contribution in [3.05, 3.63) is 62.0 Å². The number of halogens is 2. The molecule has 0 atom stereocenters. The number of rotatable bonds is 2. The zero-order chi connectivity index (χ0) is 20.3. The molecule has 0 spiro atoms. The molecule has 26 heavy (non-hydrogen) atoms. The van der Waals surface area contributed by atoms with Gasteiger partial charge in [-0.05, 0) is 60.2 Å². The van der Waals surface area contributed by atoms with E-state index in [0.29, 0.717) is 12.2 Å². The molecule has 6 heteroatoms. The third-order valence-corrected chi connectivity index (χ3v) is 5.12. The van der Waals surface area contributed by atoms with Crippen molar-refractivity contribution >= 4 is 44.5 Å². The Kier molecular flexibility index (Phi) is 11.0. The summed E-state index contributed by atoms with van der Waals surface area (Å²) in [6.45, 7) is 11.2. The zero-order valence-corrected chi connectivity index (χ0v) is 18.6. The van der Waals surface area contributed by atoms with Crippen LogP contribution in [0.5, 0.6) is 5.75 Å². The van der Waals surface area contributed by atoms with E-state index >= 15 is 0 Å². The first-order chi connectivity index (χ1) is 12.1. The highest BCUT2D eigenvalue weighted by molar-refractivity contribution is 9.10. The minimum absolute atomic E-state index is 0.250. The van der Waals surface area contributed by atoms with Crippen LogP contribution in [0.1, 0.15) is 37.5 Å². The van der Waals surface area contributed by atoms with Gasteiger partial charge in [-0.3, -0.25) is 4.79 Å². The second kappa shape index (κ2) is 11.8. The first-order valence-corrected chi connectivity index (χ1v) is 9.27. The average molecular weight is 486 g/mol. The van der Waals surface area contributed by atoms with Gasteiger partial charge in [-0.15, -0.1) is 0 Å². The second-order valence-corrected chi connectivity index (χ2v) is 8.13. The van der Waals surface area contributed by atoms with Crippen molar-refractivity contribution in [3.63, 3.8) is 0 Å². The molecule has 0 bridgehead atoms. The van der Waals surface area contributed by atoms with E-state index in [2.05, 4.69) is 82.5 Å². The highest BCUT2D eigenvalue weighted by Crippen LogP contribution is 2.26. The van der Waals surface area contributed by atoms with Crippen molar-refractivity contribution in [1.82, 2.24) is 0 Å². The molecule has 0 saturated heterocycles. The summed E-state index contributed by atoms with van der Waals surface area (Å²) in [7, 11) is 0. The molecule has 0 aliphatic carbocycles. The minimum atomic E-state index is 0.250. The van der Waals surface area contributed by atoms with Crippen LogP contribution in [0.25, 0.3) is 0 Å². The highest BCUT2D eigenvalue weighted by atomic mass is 79.9. The van der Waals surface area contributed by atoms with Gasteiger partial charge in [-0.25, -0.2) is 0 Å². The second-order valence-electron chi connectivity index (χ2n) is 6.42. The van der Waals surface area contributed by atoms with Gasteiger partial charge in [0.1, 0.15) is 5.75 Å². The van der Waals surface area contributed by atoms with E-state index in [9.17, 15) is 4.79 Å². The predicted molar refractivity (Wildman–Crippen MR) is 108 cm³/mol. The quantitative estimate of drug-likeness (QED) is 0.507. The molecule has 0 fully saturated rings. The van der Waals surface area contributed by atoms with Crippen LogP contribution in [0, 0.1) is 13.8 Å². The molecule has 0 aromatic heterocycles. The number of hydrogen-bond donors (Lipinski definition) is 0. The van der Waals surface area contributed by atoms with Crippen LogP contribution in [-0.4, -0.2) is 12.6 Å². The summed E-state index contributed by atoms with van der Waals surface area (Å²) in [4.78, 5) is 26.2. The van der Waals surface area contributed by atoms with Crippen LogP contribution >= 0.6 is 31.9 Å². The van der Waals surface area contributed by atoms with Gasteiger partial charge < -0.3 is 4.74 Å². The normalized spacial score (nSPS) is 9.65. The summed E-state index contributed by atoms with van der Waals surface area (Å²) in [5.74, 6) is 0.570. The number of aryl methyl sites for hydroxylation is 2. The van der Waals surface area contributed by atoms with Gasteiger partial charge in [0, 0.05) is 8.95 Å². The van der Waals surface area contributed by atoms with Crippen LogP contribution in [0.3, 0.4) is 0 Å². The fraction of sp³-hybridized carbons (Fsp3) is 0.300. The van der Waals surface area contributed by atoms with Crippen LogP contribution in [0.15, 0.2) is 45.3 Å². The molecule has 0 unspecified atom stereocenters. The Hall–Kier alpha value is -1.75. The number of ether oxygens (including phenoxy) is 1. The molecule has 0 heterocycles. The van der Waals surface area contributed by atoms with Gasteiger partial charge in [-0.2, -0.15) is 9.59 Å². The van der Waals surface area contributed by atoms with Crippen molar-refractivity contribution in [1.29, 1.82) is 0 Å². The topological polar surface area (TPSA) is 60.4 Å². The Morgan fingerprint density at radius 1 is 0.923 bits per heavy atom. The fourth-order valence-corrected chi connectivity index (χ4v) is 2.35. The van der Waals surface area contributed by atoms with E-state index in [1.807, 2.05) is 13.0 Å². The molecule has 0 saturated carbocycles. The first kappa shape index (κ1) is 24.2. The Labute approximate surface area is 171 Å². The third-order valence-electron chi connectivity index (χ3n) is 3.34. The number of carbonyl (C=O) groups is 1. The smallest absolute Gasteiger partial charge is 0.373 e. The van der Waals surface area contributed by atoms with E-state index in [0.717, 1.165) is 10.0 Å². The average Bonchev–Trinajstić information content (AvgIpc) is 2.54. The summed E-state index contributed by atoms with van der Waals surface area (Å²) in [5.41, 5.74) is 4.00. The Bertz CT molecular complexity index is 759. The molecular formula is C20H22Br2O4. The Balaban J connectivity index is 0.000000419. The van der Waals surface area contributed by atoms with Crippen molar-refractivity contribution < 1.29 is 19.1 Å².